The minimum atomic E-state index is 1.01. The van der Waals surface area contributed by atoms with Crippen molar-refractivity contribution in [2.24, 2.45) is 0 Å². The molecular formula is C40H36S. The van der Waals surface area contributed by atoms with Gasteiger partial charge < -0.3 is 0 Å². The lowest BCUT2D eigenvalue weighted by molar-refractivity contribution is 1.14. The first-order chi connectivity index (χ1) is 20.1. The molecular weight excluding hydrogens is 513 g/mol. The van der Waals surface area contributed by atoms with Crippen molar-refractivity contribution >= 4 is 11.3 Å². The first-order valence-electron chi connectivity index (χ1n) is 14.7. The van der Waals surface area contributed by atoms with Crippen molar-refractivity contribution in [1.82, 2.24) is 0 Å². The third kappa shape index (κ3) is 6.72. The lowest BCUT2D eigenvalue weighted by Crippen LogP contribution is -1.87. The van der Waals surface area contributed by atoms with Crippen molar-refractivity contribution in [1.29, 1.82) is 0 Å². The summed E-state index contributed by atoms with van der Waals surface area (Å²) in [6.07, 6.45) is 4.09. The number of hydrogen-bond acceptors (Lipinski definition) is 1. The Hall–Kier alpha value is -4.30. The average molecular weight is 549 g/mol. The third-order valence-electron chi connectivity index (χ3n) is 7.55. The summed E-state index contributed by atoms with van der Waals surface area (Å²) in [6, 6.07) is 35.0. The van der Waals surface area contributed by atoms with Gasteiger partial charge in [-0.1, -0.05) is 124 Å². The lowest BCUT2D eigenvalue weighted by atomic mass is 9.99. The maximum atomic E-state index is 3.59. The van der Waals surface area contributed by atoms with E-state index in [1.807, 2.05) is 0 Å². The molecule has 0 aliphatic rings. The van der Waals surface area contributed by atoms with Gasteiger partial charge in [0.2, 0.25) is 0 Å². The summed E-state index contributed by atoms with van der Waals surface area (Å²) in [5.74, 6) is 14.1. The van der Waals surface area contributed by atoms with Gasteiger partial charge >= 0.3 is 0 Å². The Morgan fingerprint density at radius 2 is 0.683 bits per heavy atom. The molecule has 0 saturated carbocycles. The summed E-state index contributed by atoms with van der Waals surface area (Å²) < 4.78 is 0. The fraction of sp³-hybridized carbons (Fsp3) is 0.200. The topological polar surface area (TPSA) is 0 Å². The van der Waals surface area contributed by atoms with Crippen molar-refractivity contribution in [2.75, 3.05) is 0 Å². The molecule has 1 heterocycles. The second-order valence-corrected chi connectivity index (χ2v) is 11.2. The highest BCUT2D eigenvalue weighted by Gasteiger charge is 2.19. The van der Waals surface area contributed by atoms with Gasteiger partial charge in [-0.2, -0.15) is 0 Å². The predicted octanol–water partition coefficient (Wildman–Crippen LogP) is 10.1. The van der Waals surface area contributed by atoms with Crippen LogP contribution in [0, 0.1) is 23.7 Å². The molecule has 202 valence electrons. The molecule has 0 radical (unpaired) electrons. The molecule has 0 N–H and O–H groups in total. The number of hydrogen-bond donors (Lipinski definition) is 0. The van der Waals surface area contributed by atoms with Crippen LogP contribution < -0.4 is 0 Å². The molecule has 0 nitrogen and oxygen atoms in total. The van der Waals surface area contributed by atoms with E-state index in [0.29, 0.717) is 0 Å². The minimum absolute atomic E-state index is 1.01. The van der Waals surface area contributed by atoms with Crippen LogP contribution in [0.2, 0.25) is 0 Å². The predicted molar refractivity (Wildman–Crippen MR) is 178 cm³/mol. The zero-order valence-corrected chi connectivity index (χ0v) is 25.3. The van der Waals surface area contributed by atoms with Crippen molar-refractivity contribution in [3.05, 3.63) is 142 Å². The van der Waals surface area contributed by atoms with E-state index < -0.39 is 0 Å². The zero-order chi connectivity index (χ0) is 28.6. The largest absolute Gasteiger partial charge is 0.132 e. The molecule has 1 aromatic heterocycles. The van der Waals surface area contributed by atoms with E-state index >= 15 is 0 Å². The van der Waals surface area contributed by atoms with Crippen LogP contribution in [0.1, 0.15) is 72.2 Å². The van der Waals surface area contributed by atoms with Crippen LogP contribution in [0.3, 0.4) is 0 Å². The highest BCUT2D eigenvalue weighted by molar-refractivity contribution is 7.19. The zero-order valence-electron chi connectivity index (χ0n) is 24.5. The van der Waals surface area contributed by atoms with Crippen LogP contribution in [0.25, 0.3) is 20.9 Å². The quantitative estimate of drug-likeness (QED) is 0.185. The molecule has 0 spiro atoms. The van der Waals surface area contributed by atoms with Gasteiger partial charge in [0.1, 0.15) is 0 Å². The monoisotopic (exact) mass is 548 g/mol. The van der Waals surface area contributed by atoms with Gasteiger partial charge in [0.25, 0.3) is 0 Å². The standard InChI is InChI=1S/C40H36S/c1-5-29-9-13-33(14-10-29)21-27-37-38(28-22-34-15-11-30(6-2)12-16-34)40(36-25-19-32(8-4)20-26-36)41-39(37)35-23-17-31(7-3)18-24-35/h9-20,23-26H,5-8H2,1-4H3. The maximum Gasteiger partial charge on any atom is 0.0598 e. The van der Waals surface area contributed by atoms with E-state index in [0.717, 1.165) is 47.9 Å². The summed E-state index contributed by atoms with van der Waals surface area (Å²) >= 11 is 1.80. The molecule has 0 aliphatic heterocycles. The Morgan fingerprint density at radius 1 is 0.390 bits per heavy atom. The Morgan fingerprint density at radius 3 is 0.976 bits per heavy atom. The van der Waals surface area contributed by atoms with Crippen LogP contribution in [-0.4, -0.2) is 0 Å². The van der Waals surface area contributed by atoms with E-state index in [1.54, 1.807) is 11.3 Å². The van der Waals surface area contributed by atoms with Crippen molar-refractivity contribution < 1.29 is 0 Å². The molecule has 4 aromatic carbocycles. The summed E-state index contributed by atoms with van der Waals surface area (Å²) in [6.45, 7) is 8.74. The van der Waals surface area contributed by atoms with E-state index in [9.17, 15) is 0 Å². The number of benzene rings is 4. The maximum absolute atomic E-state index is 3.59. The third-order valence-corrected chi connectivity index (χ3v) is 8.83. The molecule has 1 heteroatoms. The van der Waals surface area contributed by atoms with E-state index in [-0.39, 0.29) is 0 Å². The summed E-state index contributed by atoms with van der Waals surface area (Å²) in [4.78, 5) is 2.34. The van der Waals surface area contributed by atoms with Crippen molar-refractivity contribution in [2.45, 2.75) is 53.4 Å². The molecule has 0 atom stereocenters. The van der Waals surface area contributed by atoms with Gasteiger partial charge in [-0.05, 0) is 83.3 Å². The van der Waals surface area contributed by atoms with Gasteiger partial charge in [-0.3, -0.25) is 0 Å². The van der Waals surface area contributed by atoms with E-state index in [4.69, 9.17) is 0 Å². The first kappa shape index (κ1) is 28.2. The SMILES string of the molecule is CCc1ccc(C#Cc2c(-c3ccc(CC)cc3)sc(-c3ccc(CC)cc3)c2C#Cc2ccc(CC)cc2)cc1. The Bertz CT molecular complexity index is 1590. The minimum Gasteiger partial charge on any atom is -0.132 e. The number of aryl methyl sites for hydroxylation is 4. The van der Waals surface area contributed by atoms with Crippen molar-refractivity contribution in [3.63, 3.8) is 0 Å². The second kappa shape index (κ2) is 13.4. The Kier molecular flexibility index (Phi) is 9.21. The summed E-state index contributed by atoms with van der Waals surface area (Å²) in [7, 11) is 0. The molecule has 0 fully saturated rings. The van der Waals surface area contributed by atoms with Gasteiger partial charge in [0.05, 0.1) is 20.9 Å². The van der Waals surface area contributed by atoms with E-state index in [1.165, 1.54) is 43.1 Å². The first-order valence-corrected chi connectivity index (χ1v) is 15.5. The van der Waals surface area contributed by atoms with Crippen LogP contribution >= 0.6 is 11.3 Å². The second-order valence-electron chi connectivity index (χ2n) is 10.2. The fourth-order valence-electron chi connectivity index (χ4n) is 4.78. The fourth-order valence-corrected chi connectivity index (χ4v) is 6.00. The van der Waals surface area contributed by atoms with Gasteiger partial charge in [0, 0.05) is 11.1 Å². The molecule has 0 bridgehead atoms. The number of thiophene rings is 1. The van der Waals surface area contributed by atoms with E-state index in [2.05, 4.69) is 148 Å². The molecule has 5 aromatic rings. The molecule has 0 amide bonds. The van der Waals surface area contributed by atoms with Gasteiger partial charge in [0.15, 0.2) is 0 Å². The number of rotatable bonds is 6. The van der Waals surface area contributed by atoms with Gasteiger partial charge in [-0.25, -0.2) is 0 Å². The summed E-state index contributed by atoms with van der Waals surface area (Å²) in [5.41, 5.74) is 11.7. The molecule has 0 saturated heterocycles. The smallest absolute Gasteiger partial charge is 0.0598 e. The molecule has 41 heavy (non-hydrogen) atoms. The Balaban J connectivity index is 1.72. The van der Waals surface area contributed by atoms with Crippen LogP contribution in [0.5, 0.6) is 0 Å². The lowest BCUT2D eigenvalue weighted by Gasteiger charge is -2.02. The molecule has 0 aliphatic carbocycles. The van der Waals surface area contributed by atoms with Crippen LogP contribution in [0.15, 0.2) is 97.1 Å². The van der Waals surface area contributed by atoms with Crippen LogP contribution in [0.4, 0.5) is 0 Å². The molecule has 5 rings (SSSR count). The Labute approximate surface area is 250 Å². The normalized spacial score (nSPS) is 10.4. The van der Waals surface area contributed by atoms with Gasteiger partial charge in [-0.15, -0.1) is 11.3 Å². The highest BCUT2D eigenvalue weighted by Crippen LogP contribution is 2.42. The van der Waals surface area contributed by atoms with Crippen molar-refractivity contribution in [3.8, 4) is 44.6 Å². The summed E-state index contributed by atoms with van der Waals surface area (Å²) in [5, 5.41) is 0. The highest BCUT2D eigenvalue weighted by atomic mass is 32.1. The van der Waals surface area contributed by atoms with Crippen LogP contribution in [-0.2, 0) is 25.7 Å². The average Bonchev–Trinajstić information content (AvgIpc) is 3.41. The molecule has 0 unspecified atom stereocenters.